The second kappa shape index (κ2) is 5.53. The number of hydrogen-bond acceptors (Lipinski definition) is 4. The van der Waals surface area contributed by atoms with Crippen LogP contribution in [0, 0.1) is 0 Å². The number of aromatic nitrogens is 3. The molecule has 0 unspecified atom stereocenters. The molecule has 3 aromatic heterocycles. The number of benzene rings is 1. The van der Waals surface area contributed by atoms with Crippen molar-refractivity contribution in [2.75, 3.05) is 5.73 Å². The van der Waals surface area contributed by atoms with Crippen LogP contribution in [0.4, 0.5) is 5.82 Å². The largest absolute Gasteiger partial charge is 0.461 e. The molecule has 0 aliphatic rings. The molecule has 4 rings (SSSR count). The molecule has 0 fully saturated rings. The van der Waals surface area contributed by atoms with E-state index in [1.807, 2.05) is 30.3 Å². The van der Waals surface area contributed by atoms with E-state index in [0.717, 1.165) is 28.0 Å². The zero-order valence-electron chi connectivity index (χ0n) is 13.5. The highest BCUT2D eigenvalue weighted by Crippen LogP contribution is 2.29. The molecule has 6 heteroatoms. The minimum Gasteiger partial charge on any atom is -0.461 e. The zero-order chi connectivity index (χ0) is 16.8. The molecule has 0 saturated carbocycles. The first-order valence-electron chi connectivity index (χ1n) is 7.84. The number of fused-ring (bicyclic) bond motifs is 2. The van der Waals surface area contributed by atoms with E-state index >= 15 is 0 Å². The topological polar surface area (TPSA) is 69.3 Å². The Morgan fingerprint density at radius 1 is 1.25 bits per heavy atom. The molecule has 5 nitrogen and oxygen atoms in total. The monoisotopic (exact) mass is 340 g/mol. The number of halogens is 1. The lowest BCUT2D eigenvalue weighted by Gasteiger charge is -2.05. The Morgan fingerprint density at radius 3 is 2.79 bits per heavy atom. The van der Waals surface area contributed by atoms with Gasteiger partial charge in [-0.15, -0.1) is 0 Å². The third kappa shape index (κ3) is 2.41. The minimum atomic E-state index is 0.243. The van der Waals surface area contributed by atoms with Gasteiger partial charge in [-0.1, -0.05) is 43.6 Å². The van der Waals surface area contributed by atoms with Gasteiger partial charge in [0.15, 0.2) is 5.65 Å². The predicted molar refractivity (Wildman–Crippen MR) is 95.5 cm³/mol. The van der Waals surface area contributed by atoms with Gasteiger partial charge in [0.05, 0.1) is 12.1 Å². The van der Waals surface area contributed by atoms with E-state index in [2.05, 4.69) is 23.9 Å². The quantitative estimate of drug-likeness (QED) is 0.560. The van der Waals surface area contributed by atoms with Gasteiger partial charge in [-0.3, -0.25) is 0 Å². The van der Waals surface area contributed by atoms with Crippen molar-refractivity contribution in [3.63, 3.8) is 0 Å². The first-order chi connectivity index (χ1) is 11.5. The van der Waals surface area contributed by atoms with E-state index < -0.39 is 0 Å². The number of nitrogens with zero attached hydrogens (tertiary/aromatic N) is 3. The summed E-state index contributed by atoms with van der Waals surface area (Å²) in [4.78, 5) is 4.42. The van der Waals surface area contributed by atoms with Gasteiger partial charge in [-0.05, 0) is 18.1 Å². The van der Waals surface area contributed by atoms with Crippen LogP contribution in [-0.2, 0) is 6.42 Å². The van der Waals surface area contributed by atoms with Crippen LogP contribution in [0.2, 0.25) is 5.15 Å². The Morgan fingerprint density at radius 2 is 2.04 bits per heavy atom. The second-order valence-corrected chi connectivity index (χ2v) is 6.57. The number of furan rings is 1. The third-order valence-electron chi connectivity index (χ3n) is 4.09. The van der Waals surface area contributed by atoms with Crippen molar-refractivity contribution in [3.8, 4) is 0 Å². The maximum absolute atomic E-state index is 6.07. The minimum absolute atomic E-state index is 0.243. The van der Waals surface area contributed by atoms with Gasteiger partial charge in [-0.2, -0.15) is 9.61 Å². The van der Waals surface area contributed by atoms with Crippen molar-refractivity contribution in [1.29, 1.82) is 0 Å². The first kappa shape index (κ1) is 15.0. The summed E-state index contributed by atoms with van der Waals surface area (Å²) >= 11 is 6.07. The summed E-state index contributed by atoms with van der Waals surface area (Å²) in [5.74, 6) is 1.58. The number of para-hydroxylation sites is 1. The van der Waals surface area contributed by atoms with Crippen LogP contribution in [-0.4, -0.2) is 14.6 Å². The summed E-state index contributed by atoms with van der Waals surface area (Å²) in [5.41, 5.74) is 9.59. The van der Waals surface area contributed by atoms with Crippen LogP contribution in [0.3, 0.4) is 0 Å². The fourth-order valence-corrected chi connectivity index (χ4v) is 3.27. The maximum atomic E-state index is 6.07. The van der Waals surface area contributed by atoms with E-state index in [1.54, 1.807) is 10.6 Å². The molecule has 1 aromatic carbocycles. The normalized spacial score (nSPS) is 11.8. The Labute approximate surface area is 144 Å². The standard InChI is InChI=1S/C18H17ClN4O/c1-10(2)17-13(22-23-16(20)9-15(19)21-18(17)23)8-12-7-11-5-3-4-6-14(11)24-12/h3-7,9-10H,8,20H2,1-2H3. The molecule has 0 saturated heterocycles. The molecule has 24 heavy (non-hydrogen) atoms. The SMILES string of the molecule is CC(C)c1c(Cc2cc3ccccc3o2)nn2c(N)cc(Cl)nc12. The van der Waals surface area contributed by atoms with Gasteiger partial charge in [0, 0.05) is 17.0 Å². The number of nitrogens with two attached hydrogens (primary N) is 1. The number of anilines is 1. The van der Waals surface area contributed by atoms with Crippen LogP contribution < -0.4 is 5.73 Å². The molecule has 2 N–H and O–H groups in total. The van der Waals surface area contributed by atoms with Crippen molar-refractivity contribution >= 4 is 34.0 Å². The fraction of sp³-hybridized carbons (Fsp3) is 0.222. The fourth-order valence-electron chi connectivity index (χ4n) is 3.08. The smallest absolute Gasteiger partial charge is 0.162 e. The van der Waals surface area contributed by atoms with Crippen LogP contribution in [0.15, 0.2) is 40.8 Å². The van der Waals surface area contributed by atoms with Gasteiger partial charge in [0.2, 0.25) is 0 Å². The van der Waals surface area contributed by atoms with Crippen LogP contribution in [0.25, 0.3) is 16.6 Å². The highest BCUT2D eigenvalue weighted by atomic mass is 35.5. The van der Waals surface area contributed by atoms with Crippen molar-refractivity contribution in [2.24, 2.45) is 0 Å². The van der Waals surface area contributed by atoms with E-state index in [4.69, 9.17) is 21.8 Å². The zero-order valence-corrected chi connectivity index (χ0v) is 14.2. The van der Waals surface area contributed by atoms with Crippen molar-refractivity contribution in [3.05, 3.63) is 58.6 Å². The maximum Gasteiger partial charge on any atom is 0.162 e. The molecule has 3 heterocycles. The lowest BCUT2D eigenvalue weighted by molar-refractivity contribution is 0.558. The van der Waals surface area contributed by atoms with E-state index in [0.29, 0.717) is 23.0 Å². The highest BCUT2D eigenvalue weighted by Gasteiger charge is 2.20. The van der Waals surface area contributed by atoms with Gasteiger partial charge in [-0.25, -0.2) is 4.98 Å². The van der Waals surface area contributed by atoms with Crippen molar-refractivity contribution in [2.45, 2.75) is 26.2 Å². The van der Waals surface area contributed by atoms with Crippen LogP contribution >= 0.6 is 11.6 Å². The molecule has 4 aromatic rings. The molecule has 122 valence electrons. The average Bonchev–Trinajstić information content (AvgIpc) is 3.07. The van der Waals surface area contributed by atoms with Crippen molar-refractivity contribution < 1.29 is 4.42 Å². The van der Waals surface area contributed by atoms with Gasteiger partial charge in [0.1, 0.15) is 22.3 Å². The molecule has 0 amide bonds. The highest BCUT2D eigenvalue weighted by molar-refractivity contribution is 6.29. The summed E-state index contributed by atoms with van der Waals surface area (Å²) in [6.07, 6.45) is 0.586. The molecular formula is C18H17ClN4O. The van der Waals surface area contributed by atoms with Crippen LogP contribution in [0.5, 0.6) is 0 Å². The first-order valence-corrected chi connectivity index (χ1v) is 8.21. The second-order valence-electron chi connectivity index (χ2n) is 6.18. The Balaban J connectivity index is 1.86. The average molecular weight is 341 g/mol. The van der Waals surface area contributed by atoms with E-state index in [9.17, 15) is 0 Å². The third-order valence-corrected chi connectivity index (χ3v) is 4.29. The molecule has 0 aliphatic heterocycles. The van der Waals surface area contributed by atoms with E-state index in [1.165, 1.54) is 0 Å². The number of nitrogen functional groups attached to an aromatic ring is 1. The Hall–Kier alpha value is -2.53. The predicted octanol–water partition coefficient (Wildman–Crippen LogP) is 4.43. The van der Waals surface area contributed by atoms with E-state index in [-0.39, 0.29) is 5.92 Å². The summed E-state index contributed by atoms with van der Waals surface area (Å²) in [5, 5.41) is 6.11. The molecule has 0 spiro atoms. The lowest BCUT2D eigenvalue weighted by Crippen LogP contribution is -2.00. The van der Waals surface area contributed by atoms with Crippen LogP contribution in [0.1, 0.15) is 36.8 Å². The molecule has 0 aliphatic carbocycles. The Bertz CT molecular complexity index is 1010. The van der Waals surface area contributed by atoms with Gasteiger partial charge < -0.3 is 10.2 Å². The summed E-state index contributed by atoms with van der Waals surface area (Å²) in [6, 6.07) is 11.6. The van der Waals surface area contributed by atoms with Gasteiger partial charge in [0.25, 0.3) is 0 Å². The number of hydrogen-bond donors (Lipinski definition) is 1. The van der Waals surface area contributed by atoms with Gasteiger partial charge >= 0.3 is 0 Å². The lowest BCUT2D eigenvalue weighted by atomic mass is 10.0. The van der Waals surface area contributed by atoms with Crippen molar-refractivity contribution in [1.82, 2.24) is 14.6 Å². The molecular weight excluding hydrogens is 324 g/mol. The summed E-state index contributed by atoms with van der Waals surface area (Å²) in [6.45, 7) is 4.22. The molecule has 0 atom stereocenters. The summed E-state index contributed by atoms with van der Waals surface area (Å²) in [7, 11) is 0. The molecule has 0 radical (unpaired) electrons. The molecule has 0 bridgehead atoms. The number of rotatable bonds is 3. The Kier molecular flexibility index (Phi) is 3.46. The summed E-state index contributed by atoms with van der Waals surface area (Å²) < 4.78 is 7.58.